The fourth-order valence-electron chi connectivity index (χ4n) is 2.46. The summed E-state index contributed by atoms with van der Waals surface area (Å²) >= 11 is 0. The van der Waals surface area contributed by atoms with Gasteiger partial charge in [-0.1, -0.05) is 43.6 Å². The Balaban J connectivity index is 2.86. The van der Waals surface area contributed by atoms with Crippen molar-refractivity contribution in [1.82, 2.24) is 5.32 Å². The van der Waals surface area contributed by atoms with E-state index in [9.17, 15) is 0 Å². The van der Waals surface area contributed by atoms with Crippen molar-refractivity contribution in [3.8, 4) is 0 Å². The molecule has 1 heterocycles. The number of rotatable bonds is 6. The van der Waals surface area contributed by atoms with Crippen LogP contribution in [-0.4, -0.2) is 12.6 Å². The van der Waals surface area contributed by atoms with Crippen LogP contribution in [0.15, 0.2) is 34.6 Å². The lowest BCUT2D eigenvalue weighted by Crippen LogP contribution is -2.22. The monoisotopic (exact) mass is 262 g/mol. The standard InChI is InChI=1S/C17H30N2/c1-5-8-15(17(18)13(3)6-2)11-10-14(4)16-9-7-12-19-16/h10-11,16,19H,5-9,12,18H2,1-4H3/b14-10+,15-11+,17-13-/t16-/m1/s1. The highest BCUT2D eigenvalue weighted by atomic mass is 14.9. The van der Waals surface area contributed by atoms with Crippen molar-refractivity contribution in [3.63, 3.8) is 0 Å². The molecule has 0 amide bonds. The molecule has 1 atom stereocenters. The Kier molecular flexibility index (Phi) is 6.93. The summed E-state index contributed by atoms with van der Waals surface area (Å²) < 4.78 is 0. The molecule has 1 saturated heterocycles. The summed E-state index contributed by atoms with van der Waals surface area (Å²) in [6.07, 6.45) is 10.3. The minimum absolute atomic E-state index is 0.566. The van der Waals surface area contributed by atoms with Gasteiger partial charge in [-0.15, -0.1) is 0 Å². The van der Waals surface area contributed by atoms with Gasteiger partial charge in [-0.3, -0.25) is 0 Å². The van der Waals surface area contributed by atoms with E-state index >= 15 is 0 Å². The fourth-order valence-corrected chi connectivity index (χ4v) is 2.46. The van der Waals surface area contributed by atoms with E-state index in [-0.39, 0.29) is 0 Å². The second-order valence-electron chi connectivity index (χ2n) is 5.55. The van der Waals surface area contributed by atoms with Crippen LogP contribution in [0.2, 0.25) is 0 Å². The maximum Gasteiger partial charge on any atom is 0.0335 e. The maximum absolute atomic E-state index is 6.26. The third kappa shape index (κ3) is 4.87. The molecule has 1 rings (SSSR count). The van der Waals surface area contributed by atoms with E-state index in [1.165, 1.54) is 29.6 Å². The van der Waals surface area contributed by atoms with Crippen molar-refractivity contribution in [2.75, 3.05) is 6.54 Å². The lowest BCUT2D eigenvalue weighted by atomic mass is 10.00. The second kappa shape index (κ2) is 8.21. The molecule has 1 aliphatic heterocycles. The van der Waals surface area contributed by atoms with Gasteiger partial charge in [-0.2, -0.15) is 0 Å². The molecule has 108 valence electrons. The van der Waals surface area contributed by atoms with E-state index in [1.54, 1.807) is 0 Å². The van der Waals surface area contributed by atoms with Gasteiger partial charge in [0.05, 0.1) is 0 Å². The summed E-state index contributed by atoms with van der Waals surface area (Å²) in [4.78, 5) is 0. The average molecular weight is 262 g/mol. The minimum Gasteiger partial charge on any atom is -0.399 e. The molecular formula is C17H30N2. The van der Waals surface area contributed by atoms with Crippen molar-refractivity contribution < 1.29 is 0 Å². The lowest BCUT2D eigenvalue weighted by Gasteiger charge is -2.12. The van der Waals surface area contributed by atoms with E-state index in [1.807, 2.05) is 0 Å². The Morgan fingerprint density at radius 3 is 2.53 bits per heavy atom. The van der Waals surface area contributed by atoms with Crippen LogP contribution < -0.4 is 11.1 Å². The van der Waals surface area contributed by atoms with Gasteiger partial charge in [0.2, 0.25) is 0 Å². The first kappa shape index (κ1) is 16.0. The number of nitrogens with two attached hydrogens (primary N) is 1. The predicted molar refractivity (Wildman–Crippen MR) is 85.0 cm³/mol. The highest BCUT2D eigenvalue weighted by molar-refractivity contribution is 5.36. The maximum atomic E-state index is 6.26. The van der Waals surface area contributed by atoms with E-state index in [4.69, 9.17) is 5.73 Å². The van der Waals surface area contributed by atoms with Crippen LogP contribution in [0.1, 0.15) is 59.8 Å². The molecule has 0 spiro atoms. The largest absolute Gasteiger partial charge is 0.399 e. The zero-order valence-electron chi connectivity index (χ0n) is 13.1. The summed E-state index contributed by atoms with van der Waals surface area (Å²) in [5.74, 6) is 0. The van der Waals surface area contributed by atoms with Crippen LogP contribution in [0.5, 0.6) is 0 Å². The zero-order chi connectivity index (χ0) is 14.3. The van der Waals surface area contributed by atoms with Gasteiger partial charge in [0.25, 0.3) is 0 Å². The molecule has 1 fully saturated rings. The van der Waals surface area contributed by atoms with Crippen LogP contribution in [0.25, 0.3) is 0 Å². The van der Waals surface area contributed by atoms with Gasteiger partial charge in [0.1, 0.15) is 0 Å². The van der Waals surface area contributed by atoms with Crippen LogP contribution >= 0.6 is 0 Å². The molecule has 2 heteroatoms. The number of hydrogen-bond acceptors (Lipinski definition) is 2. The average Bonchev–Trinajstić information content (AvgIpc) is 2.95. The molecule has 0 aromatic heterocycles. The zero-order valence-corrected chi connectivity index (χ0v) is 13.1. The van der Waals surface area contributed by atoms with Crippen LogP contribution in [0.4, 0.5) is 0 Å². The number of allylic oxidation sites excluding steroid dienone is 4. The van der Waals surface area contributed by atoms with E-state index in [0.717, 1.165) is 31.5 Å². The molecule has 19 heavy (non-hydrogen) atoms. The highest BCUT2D eigenvalue weighted by Gasteiger charge is 2.14. The molecule has 0 radical (unpaired) electrons. The summed E-state index contributed by atoms with van der Waals surface area (Å²) in [6, 6.07) is 0.566. The first-order valence-corrected chi connectivity index (χ1v) is 7.66. The smallest absolute Gasteiger partial charge is 0.0335 e. The first-order chi connectivity index (χ1) is 9.10. The molecule has 2 nitrogen and oxygen atoms in total. The Morgan fingerprint density at radius 1 is 1.26 bits per heavy atom. The topological polar surface area (TPSA) is 38.0 Å². The summed E-state index contributed by atoms with van der Waals surface area (Å²) in [7, 11) is 0. The highest BCUT2D eigenvalue weighted by Crippen LogP contribution is 2.19. The van der Waals surface area contributed by atoms with Crippen molar-refractivity contribution in [2.24, 2.45) is 5.73 Å². The molecule has 0 aromatic carbocycles. The van der Waals surface area contributed by atoms with E-state index in [0.29, 0.717) is 6.04 Å². The van der Waals surface area contributed by atoms with E-state index < -0.39 is 0 Å². The Hall–Kier alpha value is -1.02. The molecule has 0 aliphatic carbocycles. The summed E-state index contributed by atoms with van der Waals surface area (Å²) in [6.45, 7) is 9.87. The van der Waals surface area contributed by atoms with Gasteiger partial charge in [0, 0.05) is 11.7 Å². The van der Waals surface area contributed by atoms with Gasteiger partial charge >= 0.3 is 0 Å². The van der Waals surface area contributed by atoms with Gasteiger partial charge < -0.3 is 11.1 Å². The predicted octanol–water partition coefficient (Wildman–Crippen LogP) is 4.05. The summed E-state index contributed by atoms with van der Waals surface area (Å²) in [5, 5.41) is 3.53. The van der Waals surface area contributed by atoms with Crippen LogP contribution in [0, 0.1) is 0 Å². The minimum atomic E-state index is 0.566. The second-order valence-corrected chi connectivity index (χ2v) is 5.55. The first-order valence-electron chi connectivity index (χ1n) is 7.66. The van der Waals surface area contributed by atoms with Crippen LogP contribution in [0.3, 0.4) is 0 Å². The molecular weight excluding hydrogens is 232 g/mol. The normalized spacial score (nSPS) is 22.6. The quantitative estimate of drug-likeness (QED) is 0.709. The van der Waals surface area contributed by atoms with Crippen molar-refractivity contribution in [1.29, 1.82) is 0 Å². The molecule has 0 saturated carbocycles. The molecule has 3 N–H and O–H groups in total. The third-order valence-corrected chi connectivity index (χ3v) is 4.01. The van der Waals surface area contributed by atoms with E-state index in [2.05, 4.69) is 45.2 Å². The van der Waals surface area contributed by atoms with Gasteiger partial charge in [0.15, 0.2) is 0 Å². The van der Waals surface area contributed by atoms with Crippen molar-refractivity contribution in [2.45, 2.75) is 65.8 Å². The third-order valence-electron chi connectivity index (χ3n) is 4.01. The SMILES string of the molecule is CCCC(=C\C=C(/C)[C@H]1CCCN1)/C(N)=C(\C)CC. The van der Waals surface area contributed by atoms with Crippen molar-refractivity contribution >= 4 is 0 Å². The number of hydrogen-bond donors (Lipinski definition) is 2. The van der Waals surface area contributed by atoms with Gasteiger partial charge in [-0.05, 0) is 51.6 Å². The van der Waals surface area contributed by atoms with Gasteiger partial charge in [-0.25, -0.2) is 0 Å². The Labute approximate surface area is 118 Å². The Bertz CT molecular complexity index is 369. The lowest BCUT2D eigenvalue weighted by molar-refractivity contribution is 0.689. The molecule has 1 aliphatic rings. The fraction of sp³-hybridized carbons (Fsp3) is 0.647. The number of nitrogens with one attached hydrogen (secondary N) is 1. The van der Waals surface area contributed by atoms with Crippen LogP contribution in [-0.2, 0) is 0 Å². The molecule has 0 aromatic rings. The Morgan fingerprint density at radius 2 is 2.00 bits per heavy atom. The molecule has 0 unspecified atom stereocenters. The molecule has 0 bridgehead atoms. The summed E-state index contributed by atoms with van der Waals surface area (Å²) in [5.41, 5.74) is 11.3. The van der Waals surface area contributed by atoms with Crippen molar-refractivity contribution in [3.05, 3.63) is 34.6 Å².